The number of aliphatic hydroxyl groups is 1. The standard InChI is InChI=1S/C12H17BrOS/c1-8(14)10-6-5-9(7-11(10)13)15-12(2,3)4/h5-8,14H,1-4H3. The van der Waals surface area contributed by atoms with Crippen molar-refractivity contribution in [1.82, 2.24) is 0 Å². The van der Waals surface area contributed by atoms with Crippen molar-refractivity contribution in [3.8, 4) is 0 Å². The minimum Gasteiger partial charge on any atom is -0.389 e. The van der Waals surface area contributed by atoms with Crippen LogP contribution < -0.4 is 0 Å². The van der Waals surface area contributed by atoms with E-state index in [0.29, 0.717) is 0 Å². The van der Waals surface area contributed by atoms with E-state index in [0.717, 1.165) is 10.0 Å². The van der Waals surface area contributed by atoms with E-state index in [1.54, 1.807) is 6.92 Å². The second kappa shape index (κ2) is 4.89. The van der Waals surface area contributed by atoms with Gasteiger partial charge in [-0.05, 0) is 24.6 Å². The molecule has 15 heavy (non-hydrogen) atoms. The van der Waals surface area contributed by atoms with Gasteiger partial charge in [-0.2, -0.15) is 0 Å². The summed E-state index contributed by atoms with van der Waals surface area (Å²) in [5.41, 5.74) is 0.938. The first-order valence-electron chi connectivity index (χ1n) is 4.96. The second-order valence-corrected chi connectivity index (χ2v) is 7.33. The molecule has 1 atom stereocenters. The van der Waals surface area contributed by atoms with Crippen molar-refractivity contribution in [1.29, 1.82) is 0 Å². The zero-order valence-electron chi connectivity index (χ0n) is 9.54. The van der Waals surface area contributed by atoms with Gasteiger partial charge in [-0.25, -0.2) is 0 Å². The highest BCUT2D eigenvalue weighted by Crippen LogP contribution is 2.35. The normalized spacial score (nSPS) is 14.0. The first-order valence-corrected chi connectivity index (χ1v) is 6.57. The summed E-state index contributed by atoms with van der Waals surface area (Å²) in [5.74, 6) is 0. The fraction of sp³-hybridized carbons (Fsp3) is 0.500. The lowest BCUT2D eigenvalue weighted by molar-refractivity contribution is 0.198. The van der Waals surface area contributed by atoms with Crippen LogP contribution in [0.2, 0.25) is 0 Å². The summed E-state index contributed by atoms with van der Waals surface area (Å²) in [5, 5.41) is 9.49. The van der Waals surface area contributed by atoms with E-state index in [4.69, 9.17) is 0 Å². The Hall–Kier alpha value is 0.01000. The molecular weight excluding hydrogens is 272 g/mol. The van der Waals surface area contributed by atoms with Gasteiger partial charge in [0.2, 0.25) is 0 Å². The van der Waals surface area contributed by atoms with E-state index in [9.17, 15) is 5.11 Å². The van der Waals surface area contributed by atoms with Crippen molar-refractivity contribution in [2.24, 2.45) is 0 Å². The van der Waals surface area contributed by atoms with Gasteiger partial charge in [0, 0.05) is 14.1 Å². The minimum atomic E-state index is -0.423. The van der Waals surface area contributed by atoms with Crippen LogP contribution in [0.4, 0.5) is 0 Å². The van der Waals surface area contributed by atoms with Gasteiger partial charge in [-0.3, -0.25) is 0 Å². The SMILES string of the molecule is CC(O)c1ccc(SC(C)(C)C)cc1Br. The molecule has 0 saturated heterocycles. The molecule has 1 aromatic carbocycles. The highest BCUT2D eigenvalue weighted by Gasteiger charge is 2.13. The Morgan fingerprint density at radius 3 is 2.33 bits per heavy atom. The van der Waals surface area contributed by atoms with Gasteiger partial charge in [-0.1, -0.05) is 42.8 Å². The van der Waals surface area contributed by atoms with Crippen LogP contribution in [0.5, 0.6) is 0 Å². The van der Waals surface area contributed by atoms with E-state index in [2.05, 4.69) is 48.8 Å². The van der Waals surface area contributed by atoms with Crippen LogP contribution in [0.3, 0.4) is 0 Å². The lowest BCUT2D eigenvalue weighted by Crippen LogP contribution is -2.06. The number of hydrogen-bond acceptors (Lipinski definition) is 2. The Morgan fingerprint density at radius 1 is 1.33 bits per heavy atom. The molecule has 0 fully saturated rings. The van der Waals surface area contributed by atoms with Crippen LogP contribution in [0, 0.1) is 0 Å². The quantitative estimate of drug-likeness (QED) is 0.815. The molecule has 0 spiro atoms. The fourth-order valence-corrected chi connectivity index (χ4v) is 3.15. The third-order valence-corrected chi connectivity index (χ3v) is 3.63. The second-order valence-electron chi connectivity index (χ2n) is 4.57. The van der Waals surface area contributed by atoms with Crippen molar-refractivity contribution in [2.45, 2.75) is 43.4 Å². The maximum atomic E-state index is 9.49. The molecule has 1 rings (SSSR count). The van der Waals surface area contributed by atoms with E-state index >= 15 is 0 Å². The van der Waals surface area contributed by atoms with Gasteiger partial charge in [0.05, 0.1) is 6.10 Å². The predicted molar refractivity (Wildman–Crippen MR) is 70.4 cm³/mol. The lowest BCUT2D eigenvalue weighted by Gasteiger charge is -2.18. The van der Waals surface area contributed by atoms with Crippen LogP contribution in [0.1, 0.15) is 39.4 Å². The number of benzene rings is 1. The molecule has 1 aromatic rings. The molecule has 0 aliphatic heterocycles. The summed E-state index contributed by atoms with van der Waals surface area (Å²) in [6, 6.07) is 6.10. The van der Waals surface area contributed by atoms with Gasteiger partial charge in [0.1, 0.15) is 0 Å². The Kier molecular flexibility index (Phi) is 4.27. The van der Waals surface area contributed by atoms with E-state index < -0.39 is 6.10 Å². The molecule has 1 nitrogen and oxygen atoms in total. The summed E-state index contributed by atoms with van der Waals surface area (Å²) in [7, 11) is 0. The Labute approximate surface area is 104 Å². The van der Waals surface area contributed by atoms with Gasteiger partial charge in [0.15, 0.2) is 0 Å². The van der Waals surface area contributed by atoms with Crippen molar-refractivity contribution >= 4 is 27.7 Å². The number of halogens is 1. The Morgan fingerprint density at radius 2 is 1.93 bits per heavy atom. The zero-order chi connectivity index (χ0) is 11.6. The molecule has 1 N–H and O–H groups in total. The largest absolute Gasteiger partial charge is 0.389 e. The van der Waals surface area contributed by atoms with Gasteiger partial charge < -0.3 is 5.11 Å². The topological polar surface area (TPSA) is 20.2 Å². The zero-order valence-corrected chi connectivity index (χ0v) is 11.9. The highest BCUT2D eigenvalue weighted by molar-refractivity contribution is 9.10. The molecule has 0 heterocycles. The third kappa shape index (κ3) is 4.17. The number of aliphatic hydroxyl groups excluding tert-OH is 1. The van der Waals surface area contributed by atoms with Crippen LogP contribution in [-0.2, 0) is 0 Å². The molecule has 0 aromatic heterocycles. The molecular formula is C12H17BrOS. The summed E-state index contributed by atoms with van der Waals surface area (Å²) in [6.45, 7) is 8.34. The molecule has 0 aliphatic carbocycles. The van der Waals surface area contributed by atoms with Crippen molar-refractivity contribution in [3.63, 3.8) is 0 Å². The molecule has 1 unspecified atom stereocenters. The highest BCUT2D eigenvalue weighted by atomic mass is 79.9. The van der Waals surface area contributed by atoms with Gasteiger partial charge in [0.25, 0.3) is 0 Å². The van der Waals surface area contributed by atoms with Crippen molar-refractivity contribution < 1.29 is 5.11 Å². The molecule has 0 bridgehead atoms. The maximum absolute atomic E-state index is 9.49. The smallest absolute Gasteiger partial charge is 0.0772 e. The van der Waals surface area contributed by atoms with Gasteiger partial charge in [-0.15, -0.1) is 11.8 Å². The molecule has 3 heteroatoms. The van der Waals surface area contributed by atoms with Crippen LogP contribution >= 0.6 is 27.7 Å². The minimum absolute atomic E-state index is 0.214. The molecule has 0 saturated carbocycles. The monoisotopic (exact) mass is 288 g/mol. The predicted octanol–water partition coefficient (Wildman–Crippen LogP) is 4.39. The Bertz CT molecular complexity index is 342. The summed E-state index contributed by atoms with van der Waals surface area (Å²) in [6.07, 6.45) is -0.423. The third-order valence-electron chi connectivity index (χ3n) is 1.85. The first kappa shape index (κ1) is 13.1. The molecule has 0 aliphatic rings. The van der Waals surface area contributed by atoms with Crippen molar-refractivity contribution in [2.75, 3.05) is 0 Å². The van der Waals surface area contributed by atoms with E-state index in [-0.39, 0.29) is 4.75 Å². The van der Waals surface area contributed by atoms with Crippen LogP contribution in [0.25, 0.3) is 0 Å². The fourth-order valence-electron chi connectivity index (χ4n) is 1.26. The number of rotatable bonds is 2. The van der Waals surface area contributed by atoms with Crippen LogP contribution in [-0.4, -0.2) is 9.85 Å². The van der Waals surface area contributed by atoms with Crippen LogP contribution in [0.15, 0.2) is 27.6 Å². The molecule has 84 valence electrons. The summed E-state index contributed by atoms with van der Waals surface area (Å²) in [4.78, 5) is 1.22. The summed E-state index contributed by atoms with van der Waals surface area (Å²) < 4.78 is 1.19. The Balaban J connectivity index is 2.92. The molecule has 0 amide bonds. The maximum Gasteiger partial charge on any atom is 0.0772 e. The van der Waals surface area contributed by atoms with E-state index in [1.807, 2.05) is 17.8 Å². The lowest BCUT2D eigenvalue weighted by atomic mass is 10.1. The number of thioether (sulfide) groups is 1. The number of hydrogen-bond donors (Lipinski definition) is 1. The average molecular weight is 289 g/mol. The average Bonchev–Trinajstić information content (AvgIpc) is 1.99. The van der Waals surface area contributed by atoms with Crippen molar-refractivity contribution in [3.05, 3.63) is 28.2 Å². The molecule has 0 radical (unpaired) electrons. The first-order chi connectivity index (χ1) is 6.79. The van der Waals surface area contributed by atoms with Gasteiger partial charge >= 0.3 is 0 Å². The summed E-state index contributed by atoms with van der Waals surface area (Å²) >= 11 is 5.31. The van der Waals surface area contributed by atoms with E-state index in [1.165, 1.54) is 4.90 Å².